The van der Waals surface area contributed by atoms with E-state index in [2.05, 4.69) is 37.0 Å². The zero-order valence-corrected chi connectivity index (χ0v) is 13.3. The maximum Gasteiger partial charge on any atom is 0.119 e. The molecule has 0 saturated heterocycles. The van der Waals surface area contributed by atoms with Crippen LogP contribution >= 0.6 is 0 Å². The summed E-state index contributed by atoms with van der Waals surface area (Å²) >= 11 is 0. The fourth-order valence-electron chi connectivity index (χ4n) is 4.54. The smallest absolute Gasteiger partial charge is 0.119 e. The quantitative estimate of drug-likeness (QED) is 0.849. The van der Waals surface area contributed by atoms with Crippen LogP contribution in [0.2, 0.25) is 0 Å². The Balaban J connectivity index is 2.05. The summed E-state index contributed by atoms with van der Waals surface area (Å²) in [4.78, 5) is 0. The molecule has 2 unspecified atom stereocenters. The molecule has 114 valence electrons. The Morgan fingerprint density at radius 2 is 2.29 bits per heavy atom. The summed E-state index contributed by atoms with van der Waals surface area (Å²) in [5.41, 5.74) is 3.25. The van der Waals surface area contributed by atoms with Crippen molar-refractivity contribution >= 4 is 0 Å². The molecule has 1 aromatic carbocycles. The van der Waals surface area contributed by atoms with Gasteiger partial charge in [0.05, 0.1) is 7.11 Å². The van der Waals surface area contributed by atoms with Crippen molar-refractivity contribution in [2.45, 2.75) is 50.5 Å². The molecule has 0 spiro atoms. The first kappa shape index (κ1) is 14.6. The average molecular weight is 285 g/mol. The molecule has 2 heteroatoms. The Morgan fingerprint density at radius 1 is 1.43 bits per heavy atom. The summed E-state index contributed by atoms with van der Waals surface area (Å²) in [5.74, 6) is 1.73. The van der Waals surface area contributed by atoms with Crippen LogP contribution in [0, 0.1) is 5.92 Å². The Hall–Kier alpha value is -1.28. The molecular weight excluding hydrogens is 258 g/mol. The molecule has 2 bridgehead atoms. The molecule has 3 rings (SSSR count). The molecule has 2 aliphatic rings. The number of hydrogen-bond acceptors (Lipinski definition) is 2. The molecule has 1 fully saturated rings. The van der Waals surface area contributed by atoms with Crippen LogP contribution in [0.4, 0.5) is 0 Å². The standard InChI is InChI=1S/C19H27NO/c1-4-11-20-18-15-7-5-6-10-19(18,2)17-13-16(21-3)9-8-14(17)12-15/h4,8-9,13,15,18,20H,1,5-7,10-12H2,2-3H3/t15?,18?,19-/m1/s1. The van der Waals surface area contributed by atoms with E-state index in [9.17, 15) is 0 Å². The summed E-state index contributed by atoms with van der Waals surface area (Å²) in [6, 6.07) is 7.23. The van der Waals surface area contributed by atoms with E-state index in [-0.39, 0.29) is 5.41 Å². The zero-order valence-electron chi connectivity index (χ0n) is 13.3. The normalized spacial score (nSPS) is 31.1. The highest BCUT2D eigenvalue weighted by atomic mass is 16.5. The third-order valence-electron chi connectivity index (χ3n) is 5.58. The van der Waals surface area contributed by atoms with Crippen LogP contribution < -0.4 is 10.1 Å². The van der Waals surface area contributed by atoms with Crippen LogP contribution in [0.3, 0.4) is 0 Å². The Bertz CT molecular complexity index is 524. The van der Waals surface area contributed by atoms with Crippen molar-refractivity contribution in [3.63, 3.8) is 0 Å². The molecule has 3 atom stereocenters. The molecule has 0 amide bonds. The van der Waals surface area contributed by atoms with Gasteiger partial charge in [-0.2, -0.15) is 0 Å². The number of nitrogens with one attached hydrogen (secondary N) is 1. The fourth-order valence-corrected chi connectivity index (χ4v) is 4.54. The highest BCUT2D eigenvalue weighted by Crippen LogP contribution is 2.48. The average Bonchev–Trinajstić information content (AvgIpc) is 2.61. The van der Waals surface area contributed by atoms with Gasteiger partial charge in [-0.3, -0.25) is 0 Å². The number of rotatable bonds is 4. The zero-order chi connectivity index (χ0) is 14.9. The van der Waals surface area contributed by atoms with Gasteiger partial charge >= 0.3 is 0 Å². The minimum atomic E-state index is 0.215. The summed E-state index contributed by atoms with van der Waals surface area (Å²) in [6.45, 7) is 7.22. The molecule has 0 aromatic heterocycles. The first-order valence-electron chi connectivity index (χ1n) is 8.20. The molecule has 0 heterocycles. The first-order valence-corrected chi connectivity index (χ1v) is 8.20. The van der Waals surface area contributed by atoms with Crippen molar-refractivity contribution in [2.75, 3.05) is 13.7 Å². The molecule has 21 heavy (non-hydrogen) atoms. The van der Waals surface area contributed by atoms with E-state index in [1.807, 2.05) is 6.08 Å². The van der Waals surface area contributed by atoms with E-state index < -0.39 is 0 Å². The number of fused-ring (bicyclic) bond motifs is 4. The summed E-state index contributed by atoms with van der Waals surface area (Å²) in [7, 11) is 1.76. The Morgan fingerprint density at radius 3 is 3.05 bits per heavy atom. The lowest BCUT2D eigenvalue weighted by Gasteiger charge is -2.46. The second-order valence-corrected chi connectivity index (χ2v) is 6.83. The summed E-state index contributed by atoms with van der Waals surface area (Å²) < 4.78 is 5.47. The fraction of sp³-hybridized carbons (Fsp3) is 0.579. The van der Waals surface area contributed by atoms with Crippen LogP contribution in [0.5, 0.6) is 5.75 Å². The minimum absolute atomic E-state index is 0.215. The lowest BCUT2D eigenvalue weighted by molar-refractivity contribution is 0.214. The van der Waals surface area contributed by atoms with Crippen molar-refractivity contribution in [3.05, 3.63) is 42.0 Å². The van der Waals surface area contributed by atoms with Gasteiger partial charge in [0, 0.05) is 18.0 Å². The summed E-state index contributed by atoms with van der Waals surface area (Å²) in [6.07, 6.45) is 8.47. The van der Waals surface area contributed by atoms with E-state index in [0.29, 0.717) is 6.04 Å². The second kappa shape index (κ2) is 5.84. The van der Waals surface area contributed by atoms with Gasteiger partial charge in [-0.1, -0.05) is 31.9 Å². The van der Waals surface area contributed by atoms with Crippen LogP contribution in [-0.4, -0.2) is 19.7 Å². The largest absolute Gasteiger partial charge is 0.497 e. The SMILES string of the molecule is C=CCNC1C2CCCC[C@]1(C)c1cc(OC)ccc1C2. The first-order chi connectivity index (χ1) is 10.2. The van der Waals surface area contributed by atoms with E-state index in [0.717, 1.165) is 18.2 Å². The van der Waals surface area contributed by atoms with Crippen molar-refractivity contribution in [2.24, 2.45) is 5.92 Å². The van der Waals surface area contributed by atoms with Gasteiger partial charge in [-0.15, -0.1) is 6.58 Å². The van der Waals surface area contributed by atoms with Gasteiger partial charge in [-0.05, 0) is 48.4 Å². The third-order valence-corrected chi connectivity index (χ3v) is 5.58. The van der Waals surface area contributed by atoms with Crippen LogP contribution in [0.15, 0.2) is 30.9 Å². The number of ether oxygens (including phenoxy) is 1. The predicted molar refractivity (Wildman–Crippen MR) is 88.0 cm³/mol. The summed E-state index contributed by atoms with van der Waals surface area (Å²) in [5, 5.41) is 3.77. The Labute approximate surface area is 128 Å². The molecule has 0 aliphatic heterocycles. The number of benzene rings is 1. The van der Waals surface area contributed by atoms with Crippen LogP contribution in [0.1, 0.15) is 43.7 Å². The molecule has 1 saturated carbocycles. The number of methoxy groups -OCH3 is 1. The second-order valence-electron chi connectivity index (χ2n) is 6.83. The van der Waals surface area contributed by atoms with E-state index in [1.54, 1.807) is 7.11 Å². The maximum absolute atomic E-state index is 5.47. The van der Waals surface area contributed by atoms with Crippen molar-refractivity contribution < 1.29 is 4.74 Å². The lowest BCUT2D eigenvalue weighted by atomic mass is 9.62. The van der Waals surface area contributed by atoms with Gasteiger partial charge in [0.25, 0.3) is 0 Å². The monoisotopic (exact) mass is 285 g/mol. The number of hydrogen-bond donors (Lipinski definition) is 1. The Kier molecular flexibility index (Phi) is 4.08. The molecule has 1 aromatic rings. The topological polar surface area (TPSA) is 21.3 Å². The third kappa shape index (κ3) is 2.50. The van der Waals surface area contributed by atoms with Crippen molar-refractivity contribution in [1.29, 1.82) is 0 Å². The molecule has 0 radical (unpaired) electrons. The maximum atomic E-state index is 5.47. The molecule has 1 N–H and O–H groups in total. The van der Waals surface area contributed by atoms with Gasteiger partial charge in [0.1, 0.15) is 5.75 Å². The van der Waals surface area contributed by atoms with Crippen molar-refractivity contribution in [3.8, 4) is 5.75 Å². The van der Waals surface area contributed by atoms with E-state index in [1.165, 1.54) is 43.2 Å². The van der Waals surface area contributed by atoms with Crippen LogP contribution in [-0.2, 0) is 11.8 Å². The minimum Gasteiger partial charge on any atom is -0.497 e. The molecular formula is C19H27NO. The predicted octanol–water partition coefficient (Wildman–Crippen LogP) is 3.84. The van der Waals surface area contributed by atoms with E-state index >= 15 is 0 Å². The van der Waals surface area contributed by atoms with Crippen molar-refractivity contribution in [1.82, 2.24) is 5.32 Å². The highest BCUT2D eigenvalue weighted by Gasteiger charge is 2.46. The van der Waals surface area contributed by atoms with Gasteiger partial charge < -0.3 is 10.1 Å². The molecule has 2 aliphatic carbocycles. The van der Waals surface area contributed by atoms with Gasteiger partial charge in [0.2, 0.25) is 0 Å². The van der Waals surface area contributed by atoms with Gasteiger partial charge in [0.15, 0.2) is 0 Å². The van der Waals surface area contributed by atoms with Gasteiger partial charge in [-0.25, -0.2) is 0 Å². The highest BCUT2D eigenvalue weighted by molar-refractivity contribution is 5.44. The lowest BCUT2D eigenvalue weighted by Crippen LogP contribution is -2.54. The van der Waals surface area contributed by atoms with E-state index in [4.69, 9.17) is 4.74 Å². The van der Waals surface area contributed by atoms with Crippen LogP contribution in [0.25, 0.3) is 0 Å². The molecule has 2 nitrogen and oxygen atoms in total.